The molecule has 0 heterocycles. The van der Waals surface area contributed by atoms with E-state index in [9.17, 15) is 4.39 Å². The monoisotopic (exact) mass is 254 g/mol. The molecule has 17 heavy (non-hydrogen) atoms. The maximum atomic E-state index is 13.3. The van der Waals surface area contributed by atoms with Crippen LogP contribution in [0.25, 0.3) is 0 Å². The van der Waals surface area contributed by atoms with Crippen LogP contribution in [0.4, 0.5) is 4.39 Å². The second-order valence-corrected chi connectivity index (χ2v) is 4.20. The van der Waals surface area contributed by atoms with E-state index >= 15 is 0 Å². The molecular formula is C14H16ClFO. The summed E-state index contributed by atoms with van der Waals surface area (Å²) in [5, 5.41) is 0. The lowest BCUT2D eigenvalue weighted by atomic mass is 10.1. The van der Waals surface area contributed by atoms with E-state index < -0.39 is 0 Å². The highest BCUT2D eigenvalue weighted by Crippen LogP contribution is 2.17. The van der Waals surface area contributed by atoms with Crippen molar-refractivity contribution < 1.29 is 9.13 Å². The zero-order chi connectivity index (χ0) is 12.7. The van der Waals surface area contributed by atoms with Crippen molar-refractivity contribution in [3.8, 4) is 17.6 Å². The Labute approximate surface area is 107 Å². The van der Waals surface area contributed by atoms with Crippen molar-refractivity contribution in [2.45, 2.75) is 20.3 Å². The molecule has 1 unspecified atom stereocenters. The average Bonchev–Trinajstić information content (AvgIpc) is 2.32. The number of alkyl halides is 1. The summed E-state index contributed by atoms with van der Waals surface area (Å²) in [5.74, 6) is 6.33. The summed E-state index contributed by atoms with van der Waals surface area (Å²) in [5.41, 5.74) is 0.588. The van der Waals surface area contributed by atoms with Crippen LogP contribution in [0.2, 0.25) is 0 Å². The van der Waals surface area contributed by atoms with Crippen molar-refractivity contribution in [1.82, 2.24) is 0 Å². The van der Waals surface area contributed by atoms with Crippen molar-refractivity contribution in [1.29, 1.82) is 0 Å². The first-order valence-corrected chi connectivity index (χ1v) is 6.17. The quantitative estimate of drug-likeness (QED) is 0.586. The van der Waals surface area contributed by atoms with Gasteiger partial charge in [-0.2, -0.15) is 0 Å². The second-order valence-electron chi connectivity index (χ2n) is 3.94. The Morgan fingerprint density at radius 1 is 1.41 bits per heavy atom. The SMILES string of the molecule is CCC(C)COc1cc(F)cc(C#CCCl)c1. The summed E-state index contributed by atoms with van der Waals surface area (Å²) < 4.78 is 18.8. The Morgan fingerprint density at radius 3 is 2.82 bits per heavy atom. The van der Waals surface area contributed by atoms with E-state index in [1.807, 2.05) is 0 Å². The zero-order valence-corrected chi connectivity index (χ0v) is 10.9. The summed E-state index contributed by atoms with van der Waals surface area (Å²) in [6.45, 7) is 4.77. The predicted molar refractivity (Wildman–Crippen MR) is 68.9 cm³/mol. The molecule has 0 aromatic heterocycles. The van der Waals surface area contributed by atoms with E-state index in [0.717, 1.165) is 6.42 Å². The molecule has 0 spiro atoms. The number of hydrogen-bond acceptors (Lipinski definition) is 1. The average molecular weight is 255 g/mol. The minimum absolute atomic E-state index is 0.236. The van der Waals surface area contributed by atoms with Gasteiger partial charge in [0.1, 0.15) is 11.6 Å². The molecule has 0 amide bonds. The fraction of sp³-hybridized carbons (Fsp3) is 0.429. The Bertz CT molecular complexity index is 420. The lowest BCUT2D eigenvalue weighted by Gasteiger charge is -2.11. The van der Waals surface area contributed by atoms with Crippen LogP contribution in [-0.2, 0) is 0 Å². The fourth-order valence-corrected chi connectivity index (χ4v) is 1.28. The maximum Gasteiger partial charge on any atom is 0.128 e. The molecule has 1 nitrogen and oxygen atoms in total. The van der Waals surface area contributed by atoms with Gasteiger partial charge in [-0.05, 0) is 18.1 Å². The summed E-state index contributed by atoms with van der Waals surface area (Å²) >= 11 is 5.45. The number of halogens is 2. The van der Waals surface area contributed by atoms with E-state index in [0.29, 0.717) is 23.8 Å². The molecule has 1 aromatic carbocycles. The molecular weight excluding hydrogens is 239 g/mol. The van der Waals surface area contributed by atoms with Crippen LogP contribution in [0.15, 0.2) is 18.2 Å². The molecule has 0 saturated carbocycles. The number of benzene rings is 1. The van der Waals surface area contributed by atoms with Crippen LogP contribution in [0.1, 0.15) is 25.8 Å². The van der Waals surface area contributed by atoms with Gasteiger partial charge < -0.3 is 4.74 Å². The van der Waals surface area contributed by atoms with Gasteiger partial charge in [0, 0.05) is 11.6 Å². The first kappa shape index (κ1) is 13.9. The standard InChI is InChI=1S/C14H16ClFO/c1-3-11(2)10-17-14-8-12(5-4-6-15)7-13(16)9-14/h7-9,11H,3,6,10H2,1-2H3. The summed E-state index contributed by atoms with van der Waals surface area (Å²) in [6.07, 6.45) is 1.04. The Kier molecular flexibility index (Phi) is 5.86. The second kappa shape index (κ2) is 7.19. The van der Waals surface area contributed by atoms with Gasteiger partial charge in [0.15, 0.2) is 0 Å². The highest BCUT2D eigenvalue weighted by Gasteiger charge is 2.03. The normalized spacial score (nSPS) is 11.5. The third-order valence-electron chi connectivity index (χ3n) is 2.40. The third-order valence-corrected chi connectivity index (χ3v) is 2.54. The van der Waals surface area contributed by atoms with Crippen molar-refractivity contribution >= 4 is 11.6 Å². The first-order chi connectivity index (χ1) is 8.15. The molecule has 0 aliphatic rings. The maximum absolute atomic E-state index is 13.3. The summed E-state index contributed by atoms with van der Waals surface area (Å²) in [4.78, 5) is 0. The fourth-order valence-electron chi connectivity index (χ4n) is 1.21. The molecule has 1 aromatic rings. The van der Waals surface area contributed by atoms with Crippen LogP contribution in [-0.4, -0.2) is 12.5 Å². The number of ether oxygens (including phenoxy) is 1. The van der Waals surface area contributed by atoms with Crippen LogP contribution < -0.4 is 4.74 Å². The molecule has 0 radical (unpaired) electrons. The molecule has 0 aliphatic carbocycles. The van der Waals surface area contributed by atoms with Gasteiger partial charge in [-0.1, -0.05) is 32.1 Å². The topological polar surface area (TPSA) is 9.23 Å². The molecule has 1 atom stereocenters. The minimum atomic E-state index is -0.342. The first-order valence-electron chi connectivity index (χ1n) is 5.64. The molecule has 0 N–H and O–H groups in total. The smallest absolute Gasteiger partial charge is 0.128 e. The van der Waals surface area contributed by atoms with Gasteiger partial charge in [0.2, 0.25) is 0 Å². The molecule has 0 bridgehead atoms. The molecule has 0 fully saturated rings. The van der Waals surface area contributed by atoms with E-state index in [-0.39, 0.29) is 11.7 Å². The van der Waals surface area contributed by atoms with Crippen molar-refractivity contribution in [2.24, 2.45) is 5.92 Å². The summed E-state index contributed by atoms with van der Waals surface area (Å²) in [7, 11) is 0. The van der Waals surface area contributed by atoms with Gasteiger partial charge in [-0.3, -0.25) is 0 Å². The van der Waals surface area contributed by atoms with Crippen molar-refractivity contribution in [3.63, 3.8) is 0 Å². The summed E-state index contributed by atoms with van der Waals surface area (Å²) in [6, 6.07) is 4.47. The highest BCUT2D eigenvalue weighted by molar-refractivity contribution is 6.19. The number of hydrogen-bond donors (Lipinski definition) is 0. The Morgan fingerprint density at radius 2 is 2.18 bits per heavy atom. The van der Waals surface area contributed by atoms with Gasteiger partial charge >= 0.3 is 0 Å². The lowest BCUT2D eigenvalue weighted by Crippen LogP contribution is -2.07. The lowest BCUT2D eigenvalue weighted by molar-refractivity contribution is 0.255. The van der Waals surface area contributed by atoms with Crippen LogP contribution in [0.5, 0.6) is 5.75 Å². The van der Waals surface area contributed by atoms with Gasteiger partial charge in [-0.25, -0.2) is 4.39 Å². The van der Waals surface area contributed by atoms with Gasteiger partial charge in [0.05, 0.1) is 12.5 Å². The Balaban J connectivity index is 2.75. The van der Waals surface area contributed by atoms with Crippen LogP contribution in [0, 0.1) is 23.6 Å². The zero-order valence-electron chi connectivity index (χ0n) is 10.1. The van der Waals surface area contributed by atoms with Gasteiger partial charge in [0.25, 0.3) is 0 Å². The van der Waals surface area contributed by atoms with E-state index in [2.05, 4.69) is 25.7 Å². The van der Waals surface area contributed by atoms with Gasteiger partial charge in [-0.15, -0.1) is 11.6 Å². The molecule has 3 heteroatoms. The molecule has 92 valence electrons. The number of rotatable bonds is 4. The third kappa shape index (κ3) is 5.10. The largest absolute Gasteiger partial charge is 0.493 e. The predicted octanol–water partition coefficient (Wildman–Crippen LogP) is 3.84. The van der Waals surface area contributed by atoms with Crippen LogP contribution in [0.3, 0.4) is 0 Å². The van der Waals surface area contributed by atoms with Crippen molar-refractivity contribution in [2.75, 3.05) is 12.5 Å². The highest BCUT2D eigenvalue weighted by atomic mass is 35.5. The van der Waals surface area contributed by atoms with E-state index in [4.69, 9.17) is 16.3 Å². The Hall–Kier alpha value is -1.20. The van der Waals surface area contributed by atoms with Crippen LogP contribution >= 0.6 is 11.6 Å². The van der Waals surface area contributed by atoms with Crippen molar-refractivity contribution in [3.05, 3.63) is 29.6 Å². The molecule has 1 rings (SSSR count). The molecule has 0 aliphatic heterocycles. The molecule has 0 saturated heterocycles. The van der Waals surface area contributed by atoms with E-state index in [1.54, 1.807) is 6.07 Å². The van der Waals surface area contributed by atoms with E-state index in [1.165, 1.54) is 12.1 Å². The minimum Gasteiger partial charge on any atom is -0.493 e.